The Bertz CT molecular complexity index is 558. The molecule has 1 aliphatic rings. The number of primary amides is 1. The number of halogens is 1. The van der Waals surface area contributed by atoms with Crippen LogP contribution in [0.5, 0.6) is 11.5 Å². The van der Waals surface area contributed by atoms with E-state index in [0.717, 1.165) is 24.6 Å². The molecule has 0 heterocycles. The second-order valence-corrected chi connectivity index (χ2v) is 7.11. The predicted octanol–water partition coefficient (Wildman–Crippen LogP) is 3.66. The van der Waals surface area contributed by atoms with Gasteiger partial charge in [-0.15, -0.1) is 0 Å². The minimum atomic E-state index is -0.553. The lowest BCUT2D eigenvalue weighted by Gasteiger charge is -2.20. The van der Waals surface area contributed by atoms with Crippen LogP contribution in [0.15, 0.2) is 12.1 Å². The SMILES string of the molecule is COc1cc(CNCC2CCCCCCC2)cc(Cl)c1OCC(N)=O. The maximum Gasteiger partial charge on any atom is 0.255 e. The topological polar surface area (TPSA) is 73.6 Å². The molecule has 6 heteroatoms. The fourth-order valence-electron chi connectivity index (χ4n) is 3.32. The van der Waals surface area contributed by atoms with Gasteiger partial charge in [-0.2, -0.15) is 0 Å². The zero-order valence-corrected chi connectivity index (χ0v) is 15.7. The van der Waals surface area contributed by atoms with E-state index in [1.165, 1.54) is 44.9 Å². The Morgan fingerprint density at radius 1 is 1.24 bits per heavy atom. The van der Waals surface area contributed by atoms with Gasteiger partial charge in [0, 0.05) is 6.54 Å². The van der Waals surface area contributed by atoms with Crippen LogP contribution < -0.4 is 20.5 Å². The number of hydrogen-bond donors (Lipinski definition) is 2. The van der Waals surface area contributed by atoms with Gasteiger partial charge in [0.15, 0.2) is 18.1 Å². The van der Waals surface area contributed by atoms with Gasteiger partial charge in [0.05, 0.1) is 12.1 Å². The molecule has 0 aromatic heterocycles. The Balaban J connectivity index is 1.90. The highest BCUT2D eigenvalue weighted by atomic mass is 35.5. The maximum absolute atomic E-state index is 10.9. The van der Waals surface area contributed by atoms with Crippen LogP contribution in [0.4, 0.5) is 0 Å². The van der Waals surface area contributed by atoms with Crippen LogP contribution in [-0.4, -0.2) is 26.2 Å². The van der Waals surface area contributed by atoms with Gasteiger partial charge in [0.1, 0.15) is 0 Å². The van der Waals surface area contributed by atoms with Crippen molar-refractivity contribution < 1.29 is 14.3 Å². The van der Waals surface area contributed by atoms with E-state index in [-0.39, 0.29) is 6.61 Å². The molecule has 0 saturated heterocycles. The van der Waals surface area contributed by atoms with Crippen molar-refractivity contribution in [2.24, 2.45) is 11.7 Å². The molecule has 1 amide bonds. The summed E-state index contributed by atoms with van der Waals surface area (Å²) in [4.78, 5) is 10.9. The van der Waals surface area contributed by atoms with Gasteiger partial charge >= 0.3 is 0 Å². The zero-order chi connectivity index (χ0) is 18.1. The monoisotopic (exact) mass is 368 g/mol. The molecule has 3 N–H and O–H groups in total. The second-order valence-electron chi connectivity index (χ2n) is 6.71. The van der Waals surface area contributed by atoms with Gasteiger partial charge in [0.25, 0.3) is 5.91 Å². The van der Waals surface area contributed by atoms with Crippen molar-refractivity contribution in [1.82, 2.24) is 5.32 Å². The van der Waals surface area contributed by atoms with Crippen molar-refractivity contribution in [2.45, 2.75) is 51.5 Å². The first-order valence-electron chi connectivity index (χ1n) is 9.08. The summed E-state index contributed by atoms with van der Waals surface area (Å²) in [5.74, 6) is 1.07. The van der Waals surface area contributed by atoms with Crippen molar-refractivity contribution in [3.05, 3.63) is 22.7 Å². The summed E-state index contributed by atoms with van der Waals surface area (Å²) in [6.45, 7) is 1.53. The number of amides is 1. The fraction of sp³-hybridized carbons (Fsp3) is 0.632. The maximum atomic E-state index is 10.9. The number of methoxy groups -OCH3 is 1. The molecule has 0 aliphatic heterocycles. The lowest BCUT2D eigenvalue weighted by Crippen LogP contribution is -2.23. The van der Waals surface area contributed by atoms with Crippen LogP contribution in [0, 0.1) is 5.92 Å². The Labute approximate surface area is 155 Å². The van der Waals surface area contributed by atoms with Crippen molar-refractivity contribution in [1.29, 1.82) is 0 Å². The number of nitrogens with two attached hydrogens (primary N) is 1. The standard InChI is InChI=1S/C19H29ClN2O3/c1-24-17-10-15(9-16(20)19(17)25-13-18(21)23)12-22-11-14-7-5-3-2-4-6-8-14/h9-10,14,22H,2-8,11-13H2,1H3,(H2,21,23). The average molecular weight is 369 g/mol. The van der Waals surface area contributed by atoms with Crippen molar-refractivity contribution in [2.75, 3.05) is 20.3 Å². The van der Waals surface area contributed by atoms with Gasteiger partial charge in [-0.05, 0) is 43.0 Å². The molecule has 5 nitrogen and oxygen atoms in total. The van der Waals surface area contributed by atoms with Crippen LogP contribution >= 0.6 is 11.6 Å². The predicted molar refractivity (Wildman–Crippen MR) is 100 cm³/mol. The smallest absolute Gasteiger partial charge is 0.255 e. The van der Waals surface area contributed by atoms with E-state index >= 15 is 0 Å². The third-order valence-electron chi connectivity index (χ3n) is 4.63. The van der Waals surface area contributed by atoms with E-state index in [1.54, 1.807) is 7.11 Å². The molecule has 1 aliphatic carbocycles. The van der Waals surface area contributed by atoms with E-state index in [1.807, 2.05) is 12.1 Å². The van der Waals surface area contributed by atoms with Gasteiger partial charge in [-0.1, -0.05) is 43.7 Å². The van der Waals surface area contributed by atoms with Crippen LogP contribution in [-0.2, 0) is 11.3 Å². The Hall–Kier alpha value is -1.46. The number of nitrogens with one attached hydrogen (secondary N) is 1. The van der Waals surface area contributed by atoms with E-state index in [4.69, 9.17) is 26.8 Å². The second kappa shape index (κ2) is 10.5. The van der Waals surface area contributed by atoms with Crippen LogP contribution in [0.3, 0.4) is 0 Å². The normalized spacial score (nSPS) is 16.1. The summed E-state index contributed by atoms with van der Waals surface area (Å²) in [6.07, 6.45) is 9.46. The minimum absolute atomic E-state index is 0.227. The summed E-state index contributed by atoms with van der Waals surface area (Å²) in [5, 5.41) is 3.96. The molecule has 0 radical (unpaired) electrons. The zero-order valence-electron chi connectivity index (χ0n) is 15.0. The van der Waals surface area contributed by atoms with E-state index in [0.29, 0.717) is 16.5 Å². The van der Waals surface area contributed by atoms with Crippen LogP contribution in [0.25, 0.3) is 0 Å². The van der Waals surface area contributed by atoms with Gasteiger partial charge in [-0.3, -0.25) is 4.79 Å². The summed E-state index contributed by atoms with van der Waals surface area (Å²) < 4.78 is 10.7. The number of benzene rings is 1. The Morgan fingerprint density at radius 3 is 2.56 bits per heavy atom. The highest BCUT2D eigenvalue weighted by Crippen LogP contribution is 2.36. The lowest BCUT2D eigenvalue weighted by molar-refractivity contribution is -0.119. The van der Waals surface area contributed by atoms with E-state index < -0.39 is 5.91 Å². The van der Waals surface area contributed by atoms with Crippen molar-refractivity contribution in [3.8, 4) is 11.5 Å². The van der Waals surface area contributed by atoms with Crippen molar-refractivity contribution in [3.63, 3.8) is 0 Å². The van der Waals surface area contributed by atoms with Crippen LogP contribution in [0.2, 0.25) is 5.02 Å². The third kappa shape index (κ3) is 6.75. The lowest BCUT2D eigenvalue weighted by atomic mass is 9.91. The molecule has 25 heavy (non-hydrogen) atoms. The third-order valence-corrected chi connectivity index (χ3v) is 4.92. The summed E-state index contributed by atoms with van der Waals surface area (Å²) in [7, 11) is 1.55. The van der Waals surface area contributed by atoms with Gasteiger partial charge < -0.3 is 20.5 Å². The number of ether oxygens (including phenoxy) is 2. The first-order chi connectivity index (χ1) is 12.1. The molecular formula is C19H29ClN2O3. The largest absolute Gasteiger partial charge is 0.493 e. The molecule has 0 unspecified atom stereocenters. The number of rotatable bonds is 8. The average Bonchev–Trinajstić information content (AvgIpc) is 2.55. The summed E-state index contributed by atoms with van der Waals surface area (Å²) in [6, 6.07) is 3.72. The molecule has 1 saturated carbocycles. The molecule has 0 bridgehead atoms. The molecule has 0 atom stereocenters. The highest BCUT2D eigenvalue weighted by molar-refractivity contribution is 6.32. The van der Waals surface area contributed by atoms with Gasteiger partial charge in [-0.25, -0.2) is 0 Å². The summed E-state index contributed by atoms with van der Waals surface area (Å²) >= 11 is 6.28. The first kappa shape index (κ1) is 19.9. The quantitative estimate of drug-likeness (QED) is 0.734. The van der Waals surface area contributed by atoms with Crippen LogP contribution in [0.1, 0.15) is 50.5 Å². The molecule has 1 aromatic rings. The minimum Gasteiger partial charge on any atom is -0.493 e. The highest BCUT2D eigenvalue weighted by Gasteiger charge is 2.14. The Kier molecular flexibility index (Phi) is 8.35. The number of carbonyl (C=O) groups is 1. The fourth-order valence-corrected chi connectivity index (χ4v) is 3.61. The molecule has 1 fully saturated rings. The first-order valence-corrected chi connectivity index (χ1v) is 9.46. The van der Waals surface area contributed by atoms with E-state index in [9.17, 15) is 4.79 Å². The number of hydrogen-bond acceptors (Lipinski definition) is 4. The Morgan fingerprint density at radius 2 is 1.92 bits per heavy atom. The molecular weight excluding hydrogens is 340 g/mol. The summed E-state index contributed by atoms with van der Waals surface area (Å²) in [5.41, 5.74) is 6.14. The van der Waals surface area contributed by atoms with Crippen molar-refractivity contribution >= 4 is 17.5 Å². The molecule has 1 aromatic carbocycles. The van der Waals surface area contributed by atoms with E-state index in [2.05, 4.69) is 5.32 Å². The van der Waals surface area contributed by atoms with Gasteiger partial charge in [0.2, 0.25) is 0 Å². The molecule has 0 spiro atoms. The molecule has 140 valence electrons. The molecule has 2 rings (SSSR count). The number of carbonyl (C=O) groups excluding carboxylic acids is 1.